The minimum Gasteiger partial charge on any atom is -0.493 e. The van der Waals surface area contributed by atoms with Gasteiger partial charge in [0, 0.05) is 0 Å². The Balaban J connectivity index is 1.63. The summed E-state index contributed by atoms with van der Waals surface area (Å²) in [5, 5.41) is 0. The van der Waals surface area contributed by atoms with Crippen LogP contribution < -0.4 is 4.74 Å². The van der Waals surface area contributed by atoms with Crippen LogP contribution in [0, 0.1) is 18.8 Å². The second kappa shape index (κ2) is 9.77. The number of ether oxygens (including phenoxy) is 1. The maximum Gasteiger partial charge on any atom is 0.123 e. The molecule has 0 radical (unpaired) electrons. The number of hydrogen-bond donors (Lipinski definition) is 0. The topological polar surface area (TPSA) is 9.23 Å². The summed E-state index contributed by atoms with van der Waals surface area (Å²) in [6.45, 7) is 12.2. The van der Waals surface area contributed by atoms with Crippen molar-refractivity contribution in [2.24, 2.45) is 11.8 Å². The normalized spacial score (nSPS) is 15.5. The number of hydrogen-bond acceptors (Lipinski definition) is 1. The van der Waals surface area contributed by atoms with E-state index in [0.717, 1.165) is 25.2 Å². The minimum absolute atomic E-state index is 0.287. The highest BCUT2D eigenvalue weighted by molar-refractivity contribution is 5.95. The third-order valence-corrected chi connectivity index (χ3v) is 9.25. The van der Waals surface area contributed by atoms with E-state index in [-0.39, 0.29) is 5.41 Å². The van der Waals surface area contributed by atoms with Crippen molar-refractivity contribution in [1.29, 1.82) is 0 Å². The Morgan fingerprint density at radius 3 is 1.92 bits per heavy atom. The van der Waals surface area contributed by atoms with E-state index in [1.54, 1.807) is 0 Å². The van der Waals surface area contributed by atoms with E-state index in [1.807, 2.05) is 0 Å². The fraction of sp³-hybridized carbons (Fsp3) is 0.351. The van der Waals surface area contributed by atoms with Crippen LogP contribution in [0.5, 0.6) is 5.75 Å². The molecule has 0 heterocycles. The van der Waals surface area contributed by atoms with E-state index in [0.29, 0.717) is 11.8 Å². The van der Waals surface area contributed by atoms with Gasteiger partial charge in [0.15, 0.2) is 0 Å². The van der Waals surface area contributed by atoms with Crippen LogP contribution in [0.25, 0.3) is 22.3 Å². The van der Waals surface area contributed by atoms with Crippen LogP contribution in [0.3, 0.4) is 0 Å². The largest absolute Gasteiger partial charge is 0.493 e. The second-order valence-electron chi connectivity index (χ2n) is 11.8. The molecule has 0 saturated carbocycles. The molecule has 0 fully saturated rings. The Bertz CT molecular complexity index is 1450. The first-order valence-electron chi connectivity index (χ1n) is 14.6. The van der Waals surface area contributed by atoms with E-state index < -0.39 is 0 Å². The molecule has 1 heteroatoms. The highest BCUT2D eigenvalue weighted by atomic mass is 16.5. The fourth-order valence-corrected chi connectivity index (χ4v) is 6.61. The Morgan fingerprint density at radius 2 is 1.26 bits per heavy atom. The molecular formula is C37H40O. The third-order valence-electron chi connectivity index (χ3n) is 9.25. The molecule has 6 rings (SSSR count). The summed E-state index contributed by atoms with van der Waals surface area (Å²) in [5.74, 6) is 2.32. The smallest absolute Gasteiger partial charge is 0.123 e. The van der Waals surface area contributed by atoms with Crippen molar-refractivity contribution in [2.45, 2.75) is 65.7 Å². The average Bonchev–Trinajstić information content (AvgIpc) is 3.40. The first-order valence-corrected chi connectivity index (χ1v) is 14.6. The molecule has 0 bridgehead atoms. The molecule has 0 aromatic heterocycles. The first-order chi connectivity index (χ1) is 18.5. The Labute approximate surface area is 228 Å². The molecule has 4 aromatic carbocycles. The molecule has 0 amide bonds. The van der Waals surface area contributed by atoms with E-state index in [9.17, 15) is 0 Å². The van der Waals surface area contributed by atoms with Gasteiger partial charge in [-0.3, -0.25) is 0 Å². The Morgan fingerprint density at radius 1 is 0.658 bits per heavy atom. The van der Waals surface area contributed by atoms with Gasteiger partial charge < -0.3 is 4.74 Å². The summed E-state index contributed by atoms with van der Waals surface area (Å²) in [6, 6.07) is 30.1. The van der Waals surface area contributed by atoms with E-state index in [2.05, 4.69) is 113 Å². The zero-order valence-corrected chi connectivity index (χ0v) is 23.6. The predicted octanol–water partition coefficient (Wildman–Crippen LogP) is 9.74. The molecule has 194 valence electrons. The summed E-state index contributed by atoms with van der Waals surface area (Å²) < 4.78 is 6.61. The van der Waals surface area contributed by atoms with E-state index in [4.69, 9.17) is 4.74 Å². The van der Waals surface area contributed by atoms with E-state index in [1.165, 1.54) is 68.5 Å². The number of rotatable bonds is 8. The number of benzene rings is 4. The first kappa shape index (κ1) is 25.0. The molecule has 0 N–H and O–H groups in total. The zero-order valence-electron chi connectivity index (χ0n) is 23.6. The standard InChI is InChI=1S/C37H40O/c1-6-24(3)16-18-27-21-35-31(22-36(27)38-23-25(4)7-2)30-19-17-26(5)20-34(30)37(35)32-14-10-8-12-28(32)29-13-9-11-15-33(29)37/h8-15,17,19-22,24-25H,6-7,16,18,23H2,1-5H3. The van der Waals surface area contributed by atoms with Gasteiger partial charge in [-0.25, -0.2) is 0 Å². The van der Waals surface area contributed by atoms with Gasteiger partial charge in [-0.05, 0) is 93.8 Å². The quantitative estimate of drug-likeness (QED) is 0.202. The summed E-state index contributed by atoms with van der Waals surface area (Å²) in [6.07, 6.45) is 4.57. The Kier molecular flexibility index (Phi) is 6.42. The van der Waals surface area contributed by atoms with Crippen LogP contribution in [-0.2, 0) is 11.8 Å². The third kappa shape index (κ3) is 3.74. The van der Waals surface area contributed by atoms with Gasteiger partial charge in [0.05, 0.1) is 12.0 Å². The van der Waals surface area contributed by atoms with Gasteiger partial charge in [0.1, 0.15) is 5.75 Å². The van der Waals surface area contributed by atoms with Crippen LogP contribution in [0.4, 0.5) is 0 Å². The van der Waals surface area contributed by atoms with Crippen LogP contribution in [0.15, 0.2) is 78.9 Å². The van der Waals surface area contributed by atoms with E-state index >= 15 is 0 Å². The molecule has 1 spiro atoms. The van der Waals surface area contributed by atoms with Crippen LogP contribution in [0.1, 0.15) is 80.3 Å². The molecule has 1 nitrogen and oxygen atoms in total. The van der Waals surface area contributed by atoms with Crippen LogP contribution in [0.2, 0.25) is 0 Å². The number of fused-ring (bicyclic) bond motifs is 10. The SMILES string of the molecule is CCC(C)CCc1cc2c(cc1OCC(C)CC)-c1ccc(C)cc1C21c2ccccc2-c2ccccc21. The fourth-order valence-electron chi connectivity index (χ4n) is 6.61. The molecule has 0 aliphatic heterocycles. The summed E-state index contributed by atoms with van der Waals surface area (Å²) in [5.41, 5.74) is 13.4. The van der Waals surface area contributed by atoms with Crippen molar-refractivity contribution in [3.8, 4) is 28.0 Å². The maximum absolute atomic E-state index is 6.61. The van der Waals surface area contributed by atoms with Crippen molar-refractivity contribution in [1.82, 2.24) is 0 Å². The summed E-state index contributed by atoms with van der Waals surface area (Å²) in [4.78, 5) is 0. The lowest BCUT2D eigenvalue weighted by Crippen LogP contribution is -2.26. The van der Waals surface area contributed by atoms with Gasteiger partial charge in [-0.1, -0.05) is 113 Å². The molecule has 2 unspecified atom stereocenters. The minimum atomic E-state index is -0.287. The molecular weight excluding hydrogens is 460 g/mol. The van der Waals surface area contributed by atoms with Crippen molar-refractivity contribution < 1.29 is 4.74 Å². The van der Waals surface area contributed by atoms with Gasteiger partial charge >= 0.3 is 0 Å². The molecule has 2 aliphatic carbocycles. The molecule has 2 atom stereocenters. The number of aryl methyl sites for hydroxylation is 2. The lowest BCUT2D eigenvalue weighted by atomic mass is 9.70. The highest BCUT2D eigenvalue weighted by Crippen LogP contribution is 2.63. The Hall–Kier alpha value is -3.32. The van der Waals surface area contributed by atoms with Gasteiger partial charge in [0.25, 0.3) is 0 Å². The molecule has 2 aliphatic rings. The van der Waals surface area contributed by atoms with Crippen molar-refractivity contribution in [3.05, 3.63) is 112 Å². The monoisotopic (exact) mass is 500 g/mol. The highest BCUT2D eigenvalue weighted by Gasteiger charge is 2.51. The molecule has 0 saturated heterocycles. The summed E-state index contributed by atoms with van der Waals surface area (Å²) >= 11 is 0. The van der Waals surface area contributed by atoms with Crippen LogP contribution >= 0.6 is 0 Å². The van der Waals surface area contributed by atoms with Gasteiger partial charge in [-0.2, -0.15) is 0 Å². The van der Waals surface area contributed by atoms with Crippen molar-refractivity contribution >= 4 is 0 Å². The lowest BCUT2D eigenvalue weighted by molar-refractivity contribution is 0.254. The molecule has 4 aromatic rings. The van der Waals surface area contributed by atoms with Gasteiger partial charge in [0.2, 0.25) is 0 Å². The second-order valence-corrected chi connectivity index (χ2v) is 11.8. The predicted molar refractivity (Wildman–Crippen MR) is 160 cm³/mol. The average molecular weight is 501 g/mol. The lowest BCUT2D eigenvalue weighted by Gasteiger charge is -2.31. The summed E-state index contributed by atoms with van der Waals surface area (Å²) in [7, 11) is 0. The van der Waals surface area contributed by atoms with Crippen molar-refractivity contribution in [2.75, 3.05) is 6.61 Å². The maximum atomic E-state index is 6.61. The van der Waals surface area contributed by atoms with Gasteiger partial charge in [-0.15, -0.1) is 0 Å². The van der Waals surface area contributed by atoms with Crippen molar-refractivity contribution in [3.63, 3.8) is 0 Å². The zero-order chi connectivity index (χ0) is 26.4. The molecule has 38 heavy (non-hydrogen) atoms. The van der Waals surface area contributed by atoms with Crippen LogP contribution in [-0.4, -0.2) is 6.61 Å².